The van der Waals surface area contributed by atoms with Gasteiger partial charge in [0.05, 0.1) is 11.9 Å². The van der Waals surface area contributed by atoms with Crippen LogP contribution in [0.2, 0.25) is 0 Å². The second-order valence-electron chi connectivity index (χ2n) is 2.37. The van der Waals surface area contributed by atoms with Gasteiger partial charge in [0, 0.05) is 12.7 Å². The lowest BCUT2D eigenvalue weighted by Gasteiger charge is -1.96. The topological polar surface area (TPSA) is 56.2 Å². The summed E-state index contributed by atoms with van der Waals surface area (Å²) in [5, 5.41) is 0. The van der Waals surface area contributed by atoms with Crippen molar-refractivity contribution in [3.8, 4) is 0 Å². The predicted molar refractivity (Wildman–Crippen MR) is 48.6 cm³/mol. The van der Waals surface area contributed by atoms with Crippen molar-refractivity contribution < 1.29 is 0 Å². The minimum absolute atomic E-state index is 0.445. The van der Waals surface area contributed by atoms with Gasteiger partial charge in [-0.3, -0.25) is 4.40 Å². The number of nitrogens with two attached hydrogens (primary N) is 1. The lowest BCUT2D eigenvalue weighted by molar-refractivity contribution is 0.958. The maximum atomic E-state index is 5.44. The molecule has 2 aromatic rings. The van der Waals surface area contributed by atoms with E-state index in [1.807, 2.05) is 16.7 Å². The molecule has 0 aromatic carbocycles. The highest BCUT2D eigenvalue weighted by molar-refractivity contribution is 9.10. The highest BCUT2D eigenvalue weighted by Crippen LogP contribution is 2.10. The van der Waals surface area contributed by atoms with E-state index in [4.69, 9.17) is 5.73 Å². The molecule has 0 spiro atoms. The summed E-state index contributed by atoms with van der Waals surface area (Å²) in [5.41, 5.74) is 6.28. The van der Waals surface area contributed by atoms with Gasteiger partial charge in [0.1, 0.15) is 4.60 Å². The molecule has 0 amide bonds. The molecule has 0 atom stereocenters. The normalized spacial score (nSPS) is 10.8. The largest absolute Gasteiger partial charge is 0.325 e. The molecule has 2 rings (SSSR count). The molecule has 4 nitrogen and oxygen atoms in total. The van der Waals surface area contributed by atoms with E-state index in [1.165, 1.54) is 0 Å². The van der Waals surface area contributed by atoms with Crippen molar-refractivity contribution in [3.05, 3.63) is 28.8 Å². The zero-order chi connectivity index (χ0) is 8.55. The number of fused-ring (bicyclic) bond motifs is 1. The predicted octanol–water partition coefficient (Wildman–Crippen LogP) is 0.951. The first kappa shape index (κ1) is 7.70. The molecular weight excluding hydrogens is 220 g/mol. The number of nitrogens with zero attached hydrogens (tertiary/aromatic N) is 3. The van der Waals surface area contributed by atoms with E-state index in [-0.39, 0.29) is 0 Å². The molecule has 2 heterocycles. The fourth-order valence-electron chi connectivity index (χ4n) is 0.992. The zero-order valence-corrected chi connectivity index (χ0v) is 7.82. The summed E-state index contributed by atoms with van der Waals surface area (Å²) in [5.74, 6) is 0.671. The van der Waals surface area contributed by atoms with Gasteiger partial charge in [-0.1, -0.05) is 0 Å². The lowest BCUT2D eigenvalue weighted by atomic mass is 10.4. The number of hydrogen-bond donors (Lipinski definition) is 1. The van der Waals surface area contributed by atoms with Crippen LogP contribution in [0.25, 0.3) is 5.78 Å². The van der Waals surface area contributed by atoms with Gasteiger partial charge in [0.25, 0.3) is 0 Å². The van der Waals surface area contributed by atoms with Gasteiger partial charge >= 0.3 is 0 Å². The summed E-state index contributed by atoms with van der Waals surface area (Å²) in [4.78, 5) is 8.29. The number of imidazole rings is 1. The van der Waals surface area contributed by atoms with Crippen LogP contribution in [0.3, 0.4) is 0 Å². The standard InChI is InChI=1S/C7H7BrN4/c8-6-4-10-7-11-5(3-9)1-2-12(6)7/h1-2,4H,3,9H2. The number of hydrogen-bond acceptors (Lipinski definition) is 3. The Morgan fingerprint density at radius 3 is 3.17 bits per heavy atom. The molecule has 2 aromatic heterocycles. The third kappa shape index (κ3) is 1.11. The van der Waals surface area contributed by atoms with Gasteiger partial charge in [-0.2, -0.15) is 0 Å². The van der Waals surface area contributed by atoms with Crippen LogP contribution in [0.15, 0.2) is 23.1 Å². The van der Waals surface area contributed by atoms with Crippen LogP contribution in [0, 0.1) is 0 Å². The summed E-state index contributed by atoms with van der Waals surface area (Å²) >= 11 is 3.34. The minimum Gasteiger partial charge on any atom is -0.325 e. The fraction of sp³-hybridized carbons (Fsp3) is 0.143. The van der Waals surface area contributed by atoms with Crippen LogP contribution in [0.1, 0.15) is 5.69 Å². The van der Waals surface area contributed by atoms with Crippen molar-refractivity contribution in [3.63, 3.8) is 0 Å². The third-order valence-corrected chi connectivity index (χ3v) is 2.19. The van der Waals surface area contributed by atoms with E-state index in [0.29, 0.717) is 12.3 Å². The maximum absolute atomic E-state index is 5.44. The molecule has 2 N–H and O–H groups in total. The summed E-state index contributed by atoms with van der Waals surface area (Å²) in [6, 6.07) is 1.87. The van der Waals surface area contributed by atoms with E-state index in [9.17, 15) is 0 Å². The SMILES string of the molecule is NCc1ccn2c(Br)cnc2n1. The van der Waals surface area contributed by atoms with Crippen LogP contribution in [-0.4, -0.2) is 14.4 Å². The first-order valence-corrected chi connectivity index (χ1v) is 4.29. The van der Waals surface area contributed by atoms with Crippen molar-refractivity contribution in [2.45, 2.75) is 6.54 Å². The van der Waals surface area contributed by atoms with Gasteiger partial charge < -0.3 is 5.73 Å². The molecule has 0 saturated heterocycles. The summed E-state index contributed by atoms with van der Waals surface area (Å²) < 4.78 is 2.74. The Morgan fingerprint density at radius 1 is 1.58 bits per heavy atom. The molecule has 0 aliphatic heterocycles. The Bertz CT molecular complexity index is 409. The minimum atomic E-state index is 0.445. The van der Waals surface area contributed by atoms with Crippen LogP contribution in [0.4, 0.5) is 0 Å². The molecule has 0 unspecified atom stereocenters. The van der Waals surface area contributed by atoms with E-state index in [2.05, 4.69) is 25.9 Å². The second kappa shape index (κ2) is 2.84. The highest BCUT2D eigenvalue weighted by atomic mass is 79.9. The molecular formula is C7H7BrN4. The quantitative estimate of drug-likeness (QED) is 0.788. The number of rotatable bonds is 1. The van der Waals surface area contributed by atoms with Gasteiger partial charge in [-0.25, -0.2) is 9.97 Å². The number of aromatic nitrogens is 3. The van der Waals surface area contributed by atoms with Crippen LogP contribution in [-0.2, 0) is 6.54 Å². The van der Waals surface area contributed by atoms with Crippen LogP contribution < -0.4 is 5.73 Å². The van der Waals surface area contributed by atoms with E-state index in [1.54, 1.807) is 6.20 Å². The van der Waals surface area contributed by atoms with Gasteiger partial charge in [-0.15, -0.1) is 0 Å². The molecule has 12 heavy (non-hydrogen) atoms. The first-order chi connectivity index (χ1) is 5.81. The van der Waals surface area contributed by atoms with Crippen molar-refractivity contribution in [1.29, 1.82) is 0 Å². The highest BCUT2D eigenvalue weighted by Gasteiger charge is 2.00. The van der Waals surface area contributed by atoms with Crippen molar-refractivity contribution >= 4 is 21.7 Å². The molecule has 62 valence electrons. The fourth-order valence-corrected chi connectivity index (χ4v) is 1.37. The molecule has 5 heteroatoms. The molecule has 0 saturated carbocycles. The molecule has 0 bridgehead atoms. The Kier molecular flexibility index (Phi) is 1.82. The molecule has 0 radical (unpaired) electrons. The van der Waals surface area contributed by atoms with Gasteiger partial charge in [-0.05, 0) is 22.0 Å². The monoisotopic (exact) mass is 226 g/mol. The van der Waals surface area contributed by atoms with Crippen molar-refractivity contribution in [2.75, 3.05) is 0 Å². The average Bonchev–Trinajstić information content (AvgIpc) is 2.47. The average molecular weight is 227 g/mol. The van der Waals surface area contributed by atoms with Crippen LogP contribution >= 0.6 is 15.9 Å². The van der Waals surface area contributed by atoms with Gasteiger partial charge in [0.2, 0.25) is 5.78 Å². The summed E-state index contributed by atoms with van der Waals surface area (Å²) in [7, 11) is 0. The number of halogens is 1. The van der Waals surface area contributed by atoms with E-state index >= 15 is 0 Å². The van der Waals surface area contributed by atoms with Crippen molar-refractivity contribution in [2.24, 2.45) is 5.73 Å². The van der Waals surface area contributed by atoms with Gasteiger partial charge in [0.15, 0.2) is 0 Å². The first-order valence-electron chi connectivity index (χ1n) is 3.50. The molecule has 0 aliphatic rings. The Morgan fingerprint density at radius 2 is 2.42 bits per heavy atom. The Hall–Kier alpha value is -0.940. The van der Waals surface area contributed by atoms with Crippen LogP contribution in [0.5, 0.6) is 0 Å². The summed E-state index contributed by atoms with van der Waals surface area (Å²) in [6.45, 7) is 0.445. The lowest BCUT2D eigenvalue weighted by Crippen LogP contribution is -2.01. The third-order valence-electron chi connectivity index (χ3n) is 1.60. The zero-order valence-electron chi connectivity index (χ0n) is 6.24. The van der Waals surface area contributed by atoms with E-state index < -0.39 is 0 Å². The maximum Gasteiger partial charge on any atom is 0.234 e. The Labute approximate surface area is 77.6 Å². The molecule has 0 fully saturated rings. The van der Waals surface area contributed by atoms with Crippen molar-refractivity contribution in [1.82, 2.24) is 14.4 Å². The summed E-state index contributed by atoms with van der Waals surface area (Å²) in [6.07, 6.45) is 3.60. The second-order valence-corrected chi connectivity index (χ2v) is 3.19. The molecule has 0 aliphatic carbocycles. The smallest absolute Gasteiger partial charge is 0.234 e. The Balaban J connectivity index is 2.69. The van der Waals surface area contributed by atoms with E-state index in [0.717, 1.165) is 10.3 Å².